The molecule has 0 aliphatic carbocycles. The molecule has 0 aliphatic rings. The van der Waals surface area contributed by atoms with Crippen molar-refractivity contribution in [3.05, 3.63) is 35.4 Å². The molecule has 1 heteroatoms. The molecule has 1 aromatic carbocycles. The highest BCUT2D eigenvalue weighted by Gasteiger charge is 2.03. The van der Waals surface area contributed by atoms with E-state index in [1.165, 1.54) is 0 Å². The molecular weight excluding hydrogens is 136 g/mol. The van der Waals surface area contributed by atoms with Gasteiger partial charge in [-0.25, -0.2) is 0 Å². The SMILES string of the molecule is CCC(=O)c1ccc[c]c1C. The first-order valence-corrected chi connectivity index (χ1v) is 3.76. The van der Waals surface area contributed by atoms with E-state index >= 15 is 0 Å². The number of hydrogen-bond donors (Lipinski definition) is 0. The average molecular weight is 147 g/mol. The minimum Gasteiger partial charge on any atom is -0.294 e. The van der Waals surface area contributed by atoms with Crippen LogP contribution < -0.4 is 0 Å². The summed E-state index contributed by atoms with van der Waals surface area (Å²) in [5.41, 5.74) is 1.74. The maximum Gasteiger partial charge on any atom is 0.162 e. The quantitative estimate of drug-likeness (QED) is 0.587. The van der Waals surface area contributed by atoms with Crippen LogP contribution in [0.25, 0.3) is 0 Å². The average Bonchev–Trinajstić information content (AvgIpc) is 2.04. The zero-order valence-corrected chi connectivity index (χ0v) is 6.85. The van der Waals surface area contributed by atoms with E-state index in [0.29, 0.717) is 6.42 Å². The summed E-state index contributed by atoms with van der Waals surface area (Å²) in [4.78, 5) is 11.2. The summed E-state index contributed by atoms with van der Waals surface area (Å²) in [6.45, 7) is 3.78. The van der Waals surface area contributed by atoms with Gasteiger partial charge in [0.2, 0.25) is 0 Å². The van der Waals surface area contributed by atoms with Crippen LogP contribution in [0, 0.1) is 13.0 Å². The smallest absolute Gasteiger partial charge is 0.162 e. The third-order valence-corrected chi connectivity index (χ3v) is 1.68. The lowest BCUT2D eigenvalue weighted by Gasteiger charge is -1.99. The van der Waals surface area contributed by atoms with Gasteiger partial charge < -0.3 is 0 Å². The molecule has 11 heavy (non-hydrogen) atoms. The Kier molecular flexibility index (Phi) is 2.42. The molecule has 0 aliphatic heterocycles. The molecule has 0 amide bonds. The van der Waals surface area contributed by atoms with E-state index in [1.54, 1.807) is 0 Å². The highest BCUT2D eigenvalue weighted by molar-refractivity contribution is 5.97. The molecule has 0 spiro atoms. The van der Waals surface area contributed by atoms with Crippen molar-refractivity contribution in [1.29, 1.82) is 0 Å². The zero-order chi connectivity index (χ0) is 8.27. The Balaban J connectivity index is 3.03. The predicted octanol–water partition coefficient (Wildman–Crippen LogP) is 2.39. The maximum absolute atomic E-state index is 11.2. The van der Waals surface area contributed by atoms with Crippen LogP contribution in [0.5, 0.6) is 0 Å². The van der Waals surface area contributed by atoms with Gasteiger partial charge >= 0.3 is 0 Å². The summed E-state index contributed by atoms with van der Waals surface area (Å²) in [5, 5.41) is 0. The highest BCUT2D eigenvalue weighted by atomic mass is 16.1. The van der Waals surface area contributed by atoms with E-state index in [1.807, 2.05) is 32.0 Å². The minimum atomic E-state index is 0.194. The summed E-state index contributed by atoms with van der Waals surface area (Å²) < 4.78 is 0. The molecule has 0 aromatic heterocycles. The first-order chi connectivity index (χ1) is 5.25. The van der Waals surface area contributed by atoms with Gasteiger partial charge in [0.1, 0.15) is 0 Å². The third-order valence-electron chi connectivity index (χ3n) is 1.68. The number of hydrogen-bond acceptors (Lipinski definition) is 1. The Morgan fingerprint density at radius 3 is 2.91 bits per heavy atom. The number of ketones is 1. The Morgan fingerprint density at radius 2 is 2.36 bits per heavy atom. The summed E-state index contributed by atoms with van der Waals surface area (Å²) in [6, 6.07) is 8.50. The fourth-order valence-electron chi connectivity index (χ4n) is 1.01. The lowest BCUT2D eigenvalue weighted by atomic mass is 10.0. The van der Waals surface area contributed by atoms with Crippen LogP contribution in [0.15, 0.2) is 18.2 Å². The van der Waals surface area contributed by atoms with Gasteiger partial charge in [0, 0.05) is 12.0 Å². The standard InChI is InChI=1S/C10H11O/c1-3-10(11)9-7-5-4-6-8(9)2/h4-5,7H,3H2,1-2H3. The lowest BCUT2D eigenvalue weighted by Crippen LogP contribution is -1.98. The van der Waals surface area contributed by atoms with Crippen molar-refractivity contribution in [1.82, 2.24) is 0 Å². The minimum absolute atomic E-state index is 0.194. The first kappa shape index (κ1) is 7.99. The first-order valence-electron chi connectivity index (χ1n) is 3.76. The van der Waals surface area contributed by atoms with Crippen LogP contribution >= 0.6 is 0 Å². The van der Waals surface area contributed by atoms with Crippen molar-refractivity contribution in [3.63, 3.8) is 0 Å². The largest absolute Gasteiger partial charge is 0.294 e. The lowest BCUT2D eigenvalue weighted by molar-refractivity contribution is 0.0987. The van der Waals surface area contributed by atoms with E-state index in [4.69, 9.17) is 0 Å². The van der Waals surface area contributed by atoms with Crippen molar-refractivity contribution in [3.8, 4) is 0 Å². The van der Waals surface area contributed by atoms with Gasteiger partial charge in [0.05, 0.1) is 0 Å². The second kappa shape index (κ2) is 3.33. The second-order valence-corrected chi connectivity index (χ2v) is 2.49. The molecule has 1 nitrogen and oxygen atoms in total. The normalized spacial score (nSPS) is 9.64. The van der Waals surface area contributed by atoms with E-state index in [0.717, 1.165) is 11.1 Å². The number of carbonyl (C=O) groups is 1. The Hall–Kier alpha value is -1.11. The third kappa shape index (κ3) is 1.67. The molecule has 0 unspecified atom stereocenters. The molecule has 0 saturated heterocycles. The van der Waals surface area contributed by atoms with Crippen molar-refractivity contribution in [2.75, 3.05) is 0 Å². The van der Waals surface area contributed by atoms with Crippen LogP contribution in [0.1, 0.15) is 29.3 Å². The summed E-state index contributed by atoms with van der Waals surface area (Å²) in [5.74, 6) is 0.194. The molecule has 1 radical (unpaired) electrons. The monoisotopic (exact) mass is 147 g/mol. The molecule has 0 N–H and O–H groups in total. The van der Waals surface area contributed by atoms with Gasteiger partial charge in [0.25, 0.3) is 0 Å². The summed E-state index contributed by atoms with van der Waals surface area (Å²) >= 11 is 0. The Labute approximate surface area is 67.1 Å². The fraction of sp³-hybridized carbons (Fsp3) is 0.300. The molecule has 57 valence electrons. The summed E-state index contributed by atoms with van der Waals surface area (Å²) in [7, 11) is 0. The van der Waals surface area contributed by atoms with Crippen molar-refractivity contribution < 1.29 is 4.79 Å². The van der Waals surface area contributed by atoms with Gasteiger partial charge in [-0.1, -0.05) is 25.1 Å². The van der Waals surface area contributed by atoms with E-state index in [-0.39, 0.29) is 5.78 Å². The van der Waals surface area contributed by atoms with Gasteiger partial charge in [0.15, 0.2) is 5.78 Å². The fourth-order valence-corrected chi connectivity index (χ4v) is 1.01. The zero-order valence-electron chi connectivity index (χ0n) is 6.85. The van der Waals surface area contributed by atoms with Crippen LogP contribution in [0.3, 0.4) is 0 Å². The van der Waals surface area contributed by atoms with Crippen LogP contribution in [0.4, 0.5) is 0 Å². The topological polar surface area (TPSA) is 17.1 Å². The van der Waals surface area contributed by atoms with Gasteiger partial charge in [-0.2, -0.15) is 0 Å². The molecule has 1 aromatic rings. The van der Waals surface area contributed by atoms with Gasteiger partial charge in [-0.3, -0.25) is 4.79 Å². The number of carbonyl (C=O) groups excluding carboxylic acids is 1. The van der Waals surface area contributed by atoms with Crippen LogP contribution in [-0.2, 0) is 0 Å². The summed E-state index contributed by atoms with van der Waals surface area (Å²) in [6.07, 6.45) is 0.568. The van der Waals surface area contributed by atoms with Crippen molar-refractivity contribution >= 4 is 5.78 Å². The van der Waals surface area contributed by atoms with Gasteiger partial charge in [-0.05, 0) is 18.6 Å². The number of aryl methyl sites for hydroxylation is 1. The molecule has 0 heterocycles. The van der Waals surface area contributed by atoms with Gasteiger partial charge in [-0.15, -0.1) is 0 Å². The van der Waals surface area contributed by atoms with Crippen LogP contribution in [-0.4, -0.2) is 5.78 Å². The molecular formula is C10H11O. The Bertz CT molecular complexity index is 263. The van der Waals surface area contributed by atoms with E-state index in [2.05, 4.69) is 6.07 Å². The predicted molar refractivity (Wildman–Crippen MR) is 44.6 cm³/mol. The maximum atomic E-state index is 11.2. The number of rotatable bonds is 2. The highest BCUT2D eigenvalue weighted by Crippen LogP contribution is 2.08. The second-order valence-electron chi connectivity index (χ2n) is 2.49. The molecule has 1 rings (SSSR count). The van der Waals surface area contributed by atoms with Crippen molar-refractivity contribution in [2.24, 2.45) is 0 Å². The number of Topliss-reactive ketones (excluding diaryl/α,β-unsaturated/α-hetero) is 1. The molecule has 0 bridgehead atoms. The Morgan fingerprint density at radius 1 is 1.64 bits per heavy atom. The van der Waals surface area contributed by atoms with Crippen molar-refractivity contribution in [2.45, 2.75) is 20.3 Å². The van der Waals surface area contributed by atoms with Crippen LogP contribution in [0.2, 0.25) is 0 Å². The molecule has 0 saturated carbocycles. The number of benzene rings is 1. The molecule has 0 atom stereocenters. The molecule has 0 fully saturated rings. The van der Waals surface area contributed by atoms with E-state index in [9.17, 15) is 4.79 Å². The van der Waals surface area contributed by atoms with E-state index < -0.39 is 0 Å².